The first-order valence-electron chi connectivity index (χ1n) is 6.34. The smallest absolute Gasteiger partial charge is 0.231 e. The summed E-state index contributed by atoms with van der Waals surface area (Å²) in [5.41, 5.74) is 1.84. The van der Waals surface area contributed by atoms with E-state index >= 15 is 0 Å². The van der Waals surface area contributed by atoms with Crippen LogP contribution in [0.25, 0.3) is 0 Å². The van der Waals surface area contributed by atoms with Gasteiger partial charge in [-0.15, -0.1) is 5.10 Å². The Bertz CT molecular complexity index is 615. The van der Waals surface area contributed by atoms with Gasteiger partial charge in [0.05, 0.1) is 17.3 Å². The minimum Gasteiger partial charge on any atom is -0.454 e. The number of ether oxygens (including phenoxy) is 2. The SMILES string of the molecule is OCCCc1cn(Cc2cc(Cl)c3c(c2)OCO3)nn1. The average Bonchev–Trinajstić information content (AvgIpc) is 3.05. The lowest BCUT2D eigenvalue weighted by Crippen LogP contribution is -2.00. The summed E-state index contributed by atoms with van der Waals surface area (Å²) < 4.78 is 12.3. The van der Waals surface area contributed by atoms with E-state index in [1.165, 1.54) is 0 Å². The van der Waals surface area contributed by atoms with E-state index in [4.69, 9.17) is 26.2 Å². The molecule has 20 heavy (non-hydrogen) atoms. The van der Waals surface area contributed by atoms with Gasteiger partial charge in [0.15, 0.2) is 11.5 Å². The fourth-order valence-electron chi connectivity index (χ4n) is 2.09. The van der Waals surface area contributed by atoms with E-state index in [0.717, 1.165) is 17.7 Å². The number of rotatable bonds is 5. The molecule has 0 aliphatic carbocycles. The van der Waals surface area contributed by atoms with Crippen molar-refractivity contribution >= 4 is 11.6 Å². The van der Waals surface area contributed by atoms with Crippen molar-refractivity contribution in [3.05, 3.63) is 34.6 Å². The molecule has 0 radical (unpaired) electrons. The Morgan fingerprint density at radius 3 is 3.10 bits per heavy atom. The lowest BCUT2D eigenvalue weighted by atomic mass is 10.2. The van der Waals surface area contributed by atoms with Crippen LogP contribution in [-0.4, -0.2) is 33.5 Å². The predicted molar refractivity (Wildman–Crippen MR) is 72.1 cm³/mol. The van der Waals surface area contributed by atoms with Gasteiger partial charge in [0, 0.05) is 12.8 Å². The number of hydrogen-bond acceptors (Lipinski definition) is 5. The number of aliphatic hydroxyl groups is 1. The monoisotopic (exact) mass is 295 g/mol. The molecule has 1 aliphatic heterocycles. The highest BCUT2D eigenvalue weighted by atomic mass is 35.5. The number of fused-ring (bicyclic) bond motifs is 1. The normalized spacial score (nSPS) is 12.9. The summed E-state index contributed by atoms with van der Waals surface area (Å²) >= 11 is 6.14. The van der Waals surface area contributed by atoms with E-state index in [0.29, 0.717) is 29.5 Å². The Labute approximate surface area is 120 Å². The van der Waals surface area contributed by atoms with E-state index < -0.39 is 0 Å². The summed E-state index contributed by atoms with van der Waals surface area (Å²) in [6.07, 6.45) is 3.28. The first kappa shape index (κ1) is 13.2. The summed E-state index contributed by atoms with van der Waals surface area (Å²) in [6.45, 7) is 0.917. The first-order valence-corrected chi connectivity index (χ1v) is 6.72. The van der Waals surface area contributed by atoms with Gasteiger partial charge in [-0.2, -0.15) is 0 Å². The Morgan fingerprint density at radius 1 is 1.35 bits per heavy atom. The molecule has 1 aromatic heterocycles. The molecular formula is C13H14ClN3O3. The molecule has 1 aliphatic rings. The van der Waals surface area contributed by atoms with Gasteiger partial charge in [0.25, 0.3) is 0 Å². The average molecular weight is 296 g/mol. The van der Waals surface area contributed by atoms with Crippen LogP contribution in [0.5, 0.6) is 11.5 Å². The highest BCUT2D eigenvalue weighted by Crippen LogP contribution is 2.39. The topological polar surface area (TPSA) is 69.4 Å². The van der Waals surface area contributed by atoms with Gasteiger partial charge in [-0.3, -0.25) is 0 Å². The van der Waals surface area contributed by atoms with Crippen molar-refractivity contribution in [3.63, 3.8) is 0 Å². The standard InChI is InChI=1S/C13H14ClN3O3/c14-11-4-9(5-12-13(11)20-8-19-12)6-17-7-10(15-16-17)2-1-3-18/h4-5,7,18H,1-3,6,8H2. The van der Waals surface area contributed by atoms with Crippen molar-refractivity contribution in [2.75, 3.05) is 13.4 Å². The van der Waals surface area contributed by atoms with Crippen molar-refractivity contribution in [1.29, 1.82) is 0 Å². The summed E-state index contributed by atoms with van der Waals surface area (Å²) in [7, 11) is 0. The second-order valence-corrected chi connectivity index (χ2v) is 4.95. The molecule has 0 bridgehead atoms. The Kier molecular flexibility index (Phi) is 3.75. The zero-order chi connectivity index (χ0) is 13.9. The van der Waals surface area contributed by atoms with Gasteiger partial charge in [0.1, 0.15) is 0 Å². The minimum absolute atomic E-state index is 0.157. The van der Waals surface area contributed by atoms with E-state index in [2.05, 4.69) is 10.3 Å². The minimum atomic E-state index is 0.157. The molecule has 0 atom stereocenters. The number of hydrogen-bond donors (Lipinski definition) is 1. The molecule has 0 saturated carbocycles. The molecule has 106 valence electrons. The maximum atomic E-state index is 8.79. The van der Waals surface area contributed by atoms with Gasteiger partial charge in [-0.25, -0.2) is 4.68 Å². The number of aromatic nitrogens is 3. The van der Waals surface area contributed by atoms with Gasteiger partial charge in [-0.05, 0) is 30.5 Å². The molecule has 0 unspecified atom stereocenters. The Morgan fingerprint density at radius 2 is 2.25 bits per heavy atom. The van der Waals surface area contributed by atoms with E-state index in [9.17, 15) is 0 Å². The number of benzene rings is 1. The van der Waals surface area contributed by atoms with Crippen molar-refractivity contribution in [3.8, 4) is 11.5 Å². The highest BCUT2D eigenvalue weighted by molar-refractivity contribution is 6.32. The second kappa shape index (κ2) is 5.68. The van der Waals surface area contributed by atoms with Gasteiger partial charge >= 0.3 is 0 Å². The molecule has 6 nitrogen and oxygen atoms in total. The number of nitrogens with zero attached hydrogens (tertiary/aromatic N) is 3. The zero-order valence-electron chi connectivity index (χ0n) is 10.8. The number of halogens is 1. The molecule has 2 heterocycles. The fraction of sp³-hybridized carbons (Fsp3) is 0.385. The summed E-state index contributed by atoms with van der Waals surface area (Å²) in [5.74, 6) is 1.26. The zero-order valence-corrected chi connectivity index (χ0v) is 11.5. The lowest BCUT2D eigenvalue weighted by molar-refractivity contribution is 0.174. The maximum Gasteiger partial charge on any atom is 0.231 e. The molecule has 3 rings (SSSR count). The maximum absolute atomic E-state index is 8.79. The lowest BCUT2D eigenvalue weighted by Gasteiger charge is -2.04. The molecule has 2 aromatic rings. The largest absolute Gasteiger partial charge is 0.454 e. The summed E-state index contributed by atoms with van der Waals surface area (Å²) in [5, 5.41) is 17.4. The molecule has 1 N–H and O–H groups in total. The van der Waals surface area contributed by atoms with Crippen LogP contribution in [0, 0.1) is 0 Å². The van der Waals surface area contributed by atoms with Crippen LogP contribution < -0.4 is 9.47 Å². The Hall–Kier alpha value is -1.79. The van der Waals surface area contributed by atoms with Crippen LogP contribution in [0.3, 0.4) is 0 Å². The molecule has 0 spiro atoms. The van der Waals surface area contributed by atoms with Gasteiger partial charge in [-0.1, -0.05) is 16.8 Å². The molecule has 1 aromatic carbocycles. The third-order valence-electron chi connectivity index (χ3n) is 3.01. The third-order valence-corrected chi connectivity index (χ3v) is 3.29. The molecule has 0 saturated heterocycles. The number of aliphatic hydroxyl groups excluding tert-OH is 1. The van der Waals surface area contributed by atoms with E-state index in [-0.39, 0.29) is 13.4 Å². The van der Waals surface area contributed by atoms with Crippen LogP contribution in [0.1, 0.15) is 17.7 Å². The molecule has 0 amide bonds. The van der Waals surface area contributed by atoms with Crippen LogP contribution >= 0.6 is 11.6 Å². The van der Waals surface area contributed by atoms with Crippen molar-refractivity contribution in [2.24, 2.45) is 0 Å². The van der Waals surface area contributed by atoms with Crippen molar-refractivity contribution in [2.45, 2.75) is 19.4 Å². The van der Waals surface area contributed by atoms with E-state index in [1.807, 2.05) is 18.3 Å². The predicted octanol–water partition coefficient (Wildman–Crippen LogP) is 1.63. The van der Waals surface area contributed by atoms with E-state index in [1.54, 1.807) is 4.68 Å². The molecule has 0 fully saturated rings. The molecular weight excluding hydrogens is 282 g/mol. The summed E-state index contributed by atoms with van der Waals surface area (Å²) in [6, 6.07) is 3.73. The van der Waals surface area contributed by atoms with Crippen molar-refractivity contribution < 1.29 is 14.6 Å². The first-order chi connectivity index (χ1) is 9.76. The summed E-state index contributed by atoms with van der Waals surface area (Å²) in [4.78, 5) is 0. The van der Waals surface area contributed by atoms with Crippen LogP contribution in [0.2, 0.25) is 5.02 Å². The molecule has 7 heteroatoms. The highest BCUT2D eigenvalue weighted by Gasteiger charge is 2.18. The fourth-order valence-corrected chi connectivity index (χ4v) is 2.38. The third kappa shape index (κ3) is 2.71. The van der Waals surface area contributed by atoms with Gasteiger partial charge < -0.3 is 14.6 Å². The number of aryl methyl sites for hydroxylation is 1. The Balaban J connectivity index is 1.74. The van der Waals surface area contributed by atoms with Crippen molar-refractivity contribution in [1.82, 2.24) is 15.0 Å². The van der Waals surface area contributed by atoms with Crippen LogP contribution in [0.15, 0.2) is 18.3 Å². The second-order valence-electron chi connectivity index (χ2n) is 4.55. The quantitative estimate of drug-likeness (QED) is 0.908. The van der Waals surface area contributed by atoms with Crippen LogP contribution in [0.4, 0.5) is 0 Å². The van der Waals surface area contributed by atoms with Gasteiger partial charge in [0.2, 0.25) is 6.79 Å². The van der Waals surface area contributed by atoms with Crippen LogP contribution in [-0.2, 0) is 13.0 Å².